The molecule has 0 spiro atoms. The second-order valence-corrected chi connectivity index (χ2v) is 4.16. The van der Waals surface area contributed by atoms with E-state index in [9.17, 15) is 4.79 Å². The van der Waals surface area contributed by atoms with Gasteiger partial charge < -0.3 is 19.6 Å². The van der Waals surface area contributed by atoms with Crippen molar-refractivity contribution < 1.29 is 14.3 Å². The van der Waals surface area contributed by atoms with Crippen molar-refractivity contribution in [1.29, 1.82) is 0 Å². The molecular formula is C12H17NO3S. The van der Waals surface area contributed by atoms with Crippen LogP contribution in [0.4, 0.5) is 0 Å². The smallest absolute Gasteiger partial charge is 0.133 e. The minimum atomic E-state index is 0.329. The third-order valence-electron chi connectivity index (χ3n) is 2.33. The maximum atomic E-state index is 10.3. The van der Waals surface area contributed by atoms with E-state index in [2.05, 4.69) is 5.32 Å². The molecule has 0 heterocycles. The molecule has 0 aliphatic heterocycles. The van der Waals surface area contributed by atoms with E-state index in [0.717, 1.165) is 28.2 Å². The zero-order valence-electron chi connectivity index (χ0n) is 10.3. The van der Waals surface area contributed by atoms with Crippen LogP contribution in [0.1, 0.15) is 5.56 Å². The summed E-state index contributed by atoms with van der Waals surface area (Å²) in [7, 11) is 3.28. The molecule has 0 saturated heterocycles. The Hall–Kier alpha value is -1.20. The van der Waals surface area contributed by atoms with Gasteiger partial charge in [-0.2, -0.15) is 0 Å². The molecule has 0 aliphatic rings. The Balaban J connectivity index is 2.97. The number of aldehydes is 1. The number of ether oxygens (including phenoxy) is 2. The number of hydrogen-bond donors (Lipinski definition) is 1. The molecule has 0 amide bonds. The summed E-state index contributed by atoms with van der Waals surface area (Å²) < 4.78 is 10.6. The van der Waals surface area contributed by atoms with Crippen molar-refractivity contribution >= 4 is 18.0 Å². The first kappa shape index (κ1) is 13.9. The molecule has 1 N–H and O–H groups in total. The zero-order valence-corrected chi connectivity index (χ0v) is 11.1. The largest absolute Gasteiger partial charge is 0.496 e. The standard InChI is InChI=1S/C12H17NO3S/c1-15-10-7-12(17-3)11(16-2)6-9(10)8-13-4-5-14/h5-7,13H,4,8H2,1-3H3. The van der Waals surface area contributed by atoms with Crippen molar-refractivity contribution in [3.05, 3.63) is 17.7 Å². The fourth-order valence-corrected chi connectivity index (χ4v) is 2.06. The first-order valence-corrected chi connectivity index (χ1v) is 6.42. The topological polar surface area (TPSA) is 47.6 Å². The SMILES string of the molecule is COc1cc(SC)c(OC)cc1CNCC=O. The van der Waals surface area contributed by atoms with Gasteiger partial charge in [0, 0.05) is 12.1 Å². The average molecular weight is 255 g/mol. The van der Waals surface area contributed by atoms with Gasteiger partial charge in [-0.25, -0.2) is 0 Å². The van der Waals surface area contributed by atoms with Crippen molar-refractivity contribution in [2.75, 3.05) is 27.0 Å². The van der Waals surface area contributed by atoms with Crippen molar-refractivity contribution in [2.24, 2.45) is 0 Å². The van der Waals surface area contributed by atoms with E-state index in [1.54, 1.807) is 26.0 Å². The minimum absolute atomic E-state index is 0.329. The van der Waals surface area contributed by atoms with E-state index >= 15 is 0 Å². The maximum Gasteiger partial charge on any atom is 0.133 e. The van der Waals surface area contributed by atoms with Crippen LogP contribution in [0.3, 0.4) is 0 Å². The summed E-state index contributed by atoms with van der Waals surface area (Å²) in [5, 5.41) is 3.00. The molecule has 1 aromatic carbocycles. The first-order chi connectivity index (χ1) is 8.26. The summed E-state index contributed by atoms with van der Waals surface area (Å²) in [5.41, 5.74) is 0.976. The molecular weight excluding hydrogens is 238 g/mol. The maximum absolute atomic E-state index is 10.3. The van der Waals surface area contributed by atoms with Crippen LogP contribution in [0.5, 0.6) is 11.5 Å². The van der Waals surface area contributed by atoms with Crippen LogP contribution in [0.15, 0.2) is 17.0 Å². The summed E-state index contributed by atoms with van der Waals surface area (Å²) >= 11 is 1.61. The summed E-state index contributed by atoms with van der Waals surface area (Å²) in [6.07, 6.45) is 2.82. The van der Waals surface area contributed by atoms with Gasteiger partial charge in [-0.1, -0.05) is 0 Å². The Morgan fingerprint density at radius 3 is 2.53 bits per heavy atom. The first-order valence-electron chi connectivity index (χ1n) is 5.20. The predicted molar refractivity (Wildman–Crippen MR) is 69.1 cm³/mol. The fraction of sp³-hybridized carbons (Fsp3) is 0.417. The molecule has 0 aromatic heterocycles. The van der Waals surface area contributed by atoms with Gasteiger partial charge in [-0.05, 0) is 18.4 Å². The van der Waals surface area contributed by atoms with Gasteiger partial charge in [-0.3, -0.25) is 0 Å². The van der Waals surface area contributed by atoms with Crippen molar-refractivity contribution in [2.45, 2.75) is 11.4 Å². The number of rotatable bonds is 7. The van der Waals surface area contributed by atoms with E-state index in [1.165, 1.54) is 0 Å². The molecule has 0 aliphatic carbocycles. The van der Waals surface area contributed by atoms with Crippen LogP contribution in [0, 0.1) is 0 Å². The quantitative estimate of drug-likeness (QED) is 0.456. The summed E-state index contributed by atoms with van der Waals surface area (Å²) in [4.78, 5) is 11.3. The van der Waals surface area contributed by atoms with E-state index in [4.69, 9.17) is 9.47 Å². The summed E-state index contributed by atoms with van der Waals surface area (Å²) in [5.74, 6) is 1.62. The molecule has 5 heteroatoms. The highest BCUT2D eigenvalue weighted by molar-refractivity contribution is 7.98. The van der Waals surface area contributed by atoms with E-state index in [0.29, 0.717) is 13.1 Å². The van der Waals surface area contributed by atoms with Gasteiger partial charge in [0.25, 0.3) is 0 Å². The van der Waals surface area contributed by atoms with Crippen LogP contribution in [-0.2, 0) is 11.3 Å². The molecule has 0 saturated carbocycles. The highest BCUT2D eigenvalue weighted by Crippen LogP contribution is 2.34. The second-order valence-electron chi connectivity index (χ2n) is 3.32. The Bertz CT molecular complexity index is 382. The van der Waals surface area contributed by atoms with Gasteiger partial charge >= 0.3 is 0 Å². The van der Waals surface area contributed by atoms with Crippen LogP contribution in [0.2, 0.25) is 0 Å². The minimum Gasteiger partial charge on any atom is -0.496 e. The number of benzene rings is 1. The van der Waals surface area contributed by atoms with Crippen LogP contribution in [-0.4, -0.2) is 33.3 Å². The Labute approximate surface area is 106 Å². The Kier molecular flexibility index (Phi) is 5.86. The van der Waals surface area contributed by atoms with Crippen molar-refractivity contribution in [3.63, 3.8) is 0 Å². The van der Waals surface area contributed by atoms with Crippen LogP contribution >= 0.6 is 11.8 Å². The molecule has 0 fully saturated rings. The molecule has 0 unspecified atom stereocenters. The summed E-state index contributed by atoms with van der Waals surface area (Å²) in [6, 6.07) is 3.88. The fourth-order valence-electron chi connectivity index (χ4n) is 1.50. The van der Waals surface area contributed by atoms with E-state index < -0.39 is 0 Å². The van der Waals surface area contributed by atoms with Gasteiger partial charge in [0.2, 0.25) is 0 Å². The normalized spacial score (nSPS) is 10.1. The number of thioether (sulfide) groups is 1. The Morgan fingerprint density at radius 2 is 2.00 bits per heavy atom. The third-order valence-corrected chi connectivity index (χ3v) is 3.09. The molecule has 0 atom stereocenters. The monoisotopic (exact) mass is 255 g/mol. The van der Waals surface area contributed by atoms with E-state index in [-0.39, 0.29) is 0 Å². The second kappa shape index (κ2) is 7.19. The molecule has 0 bridgehead atoms. The number of hydrogen-bond acceptors (Lipinski definition) is 5. The predicted octanol–water partition coefficient (Wildman–Crippen LogP) is 1.71. The van der Waals surface area contributed by atoms with Crippen molar-refractivity contribution in [3.8, 4) is 11.5 Å². The molecule has 4 nitrogen and oxygen atoms in total. The van der Waals surface area contributed by atoms with Gasteiger partial charge in [-0.15, -0.1) is 11.8 Å². The van der Waals surface area contributed by atoms with E-state index in [1.807, 2.05) is 18.4 Å². The van der Waals surface area contributed by atoms with Gasteiger partial charge in [0.1, 0.15) is 17.8 Å². The Morgan fingerprint density at radius 1 is 1.29 bits per heavy atom. The molecule has 17 heavy (non-hydrogen) atoms. The molecule has 0 radical (unpaired) electrons. The molecule has 1 aromatic rings. The van der Waals surface area contributed by atoms with Gasteiger partial charge in [0.15, 0.2) is 0 Å². The lowest BCUT2D eigenvalue weighted by atomic mass is 10.2. The summed E-state index contributed by atoms with van der Waals surface area (Å²) in [6.45, 7) is 0.905. The zero-order chi connectivity index (χ0) is 12.7. The lowest BCUT2D eigenvalue weighted by Crippen LogP contribution is -2.16. The molecule has 1 rings (SSSR count). The average Bonchev–Trinajstić information content (AvgIpc) is 2.38. The highest BCUT2D eigenvalue weighted by Gasteiger charge is 2.10. The number of carbonyl (C=O) groups is 1. The van der Waals surface area contributed by atoms with Crippen LogP contribution in [0.25, 0.3) is 0 Å². The van der Waals surface area contributed by atoms with Crippen LogP contribution < -0.4 is 14.8 Å². The number of methoxy groups -OCH3 is 2. The lowest BCUT2D eigenvalue weighted by Gasteiger charge is -2.13. The number of carbonyl (C=O) groups excluding carboxylic acids is 1. The lowest BCUT2D eigenvalue weighted by molar-refractivity contribution is -0.107. The van der Waals surface area contributed by atoms with Crippen molar-refractivity contribution in [1.82, 2.24) is 5.32 Å². The third kappa shape index (κ3) is 3.64. The highest BCUT2D eigenvalue weighted by atomic mass is 32.2. The van der Waals surface area contributed by atoms with Gasteiger partial charge in [0.05, 0.1) is 25.7 Å². The molecule has 94 valence electrons. The number of nitrogens with one attached hydrogen (secondary N) is 1.